The molecule has 3 aliphatic rings. The first-order valence-electron chi connectivity index (χ1n) is 19.5. The lowest BCUT2D eigenvalue weighted by Gasteiger charge is -2.20. The minimum absolute atomic E-state index is 0.448. The molecule has 0 spiro atoms. The van der Waals surface area contributed by atoms with Gasteiger partial charge in [-0.15, -0.1) is 0 Å². The lowest BCUT2D eigenvalue weighted by Crippen LogP contribution is -2.28. The summed E-state index contributed by atoms with van der Waals surface area (Å²) in [7, 11) is 0. The number of hydrogen-bond acceptors (Lipinski definition) is 8. The largest absolute Gasteiger partial charge is 0.439 e. The minimum atomic E-state index is 0.448. The van der Waals surface area contributed by atoms with Crippen LogP contribution in [0.3, 0.4) is 0 Å². The van der Waals surface area contributed by atoms with Gasteiger partial charge in [-0.05, 0) is 117 Å². The quantitative estimate of drug-likeness (QED) is 0.147. The van der Waals surface area contributed by atoms with Crippen LogP contribution < -0.4 is 0 Å². The summed E-state index contributed by atoms with van der Waals surface area (Å²) in [5, 5.41) is 9.88. The molecule has 1 amide bonds. The number of carbonyl (C=O) groups is 1. The zero-order valence-electron chi connectivity index (χ0n) is 32.5. The zero-order valence-corrected chi connectivity index (χ0v) is 32.5. The Morgan fingerprint density at radius 1 is 0.906 bits per heavy atom. The molecule has 5 heterocycles. The van der Waals surface area contributed by atoms with Gasteiger partial charge in [0.2, 0.25) is 18.2 Å². The maximum Gasteiger partial charge on any atom is 0.227 e. The number of oxazole rings is 2. The van der Waals surface area contributed by atoms with Crippen molar-refractivity contribution in [3.8, 4) is 40.1 Å². The van der Waals surface area contributed by atoms with E-state index in [4.69, 9.17) is 18.8 Å². The van der Waals surface area contributed by atoms with Gasteiger partial charge in [0.25, 0.3) is 0 Å². The molecule has 278 valence electrons. The molecule has 3 aliphatic heterocycles. The predicted molar refractivity (Wildman–Crippen MR) is 211 cm³/mol. The van der Waals surface area contributed by atoms with Crippen molar-refractivity contribution in [2.75, 3.05) is 26.2 Å². The molecule has 2 atom stereocenters. The summed E-state index contributed by atoms with van der Waals surface area (Å²) >= 11 is 0. The first-order chi connectivity index (χ1) is 25.8. The van der Waals surface area contributed by atoms with Crippen LogP contribution in [0.2, 0.25) is 0 Å². The Hall–Kier alpha value is -4.78. The predicted octanol–water partition coefficient (Wildman–Crippen LogP) is 9.53. The summed E-state index contributed by atoms with van der Waals surface area (Å²) < 4.78 is 12.3. The second-order valence-electron chi connectivity index (χ2n) is 14.5. The lowest BCUT2D eigenvalue weighted by molar-refractivity contribution is -0.118. The summed E-state index contributed by atoms with van der Waals surface area (Å²) in [4.78, 5) is 27.4. The molecule has 2 fully saturated rings. The Bertz CT molecular complexity index is 2050. The summed E-state index contributed by atoms with van der Waals surface area (Å²) in [6.45, 7) is 21.6. The highest BCUT2D eigenvalue weighted by Gasteiger charge is 2.27. The molecular weight excluding hydrogens is 661 g/mol. The fourth-order valence-corrected chi connectivity index (χ4v) is 8.20. The maximum atomic E-state index is 11.1. The van der Waals surface area contributed by atoms with Crippen molar-refractivity contribution < 1.29 is 13.6 Å². The van der Waals surface area contributed by atoms with E-state index < -0.39 is 0 Å². The third-order valence-corrected chi connectivity index (χ3v) is 10.9. The molecule has 0 N–H and O–H groups in total. The van der Waals surface area contributed by atoms with Gasteiger partial charge in [-0.3, -0.25) is 9.69 Å². The topological polar surface area (TPSA) is 103 Å². The smallest absolute Gasteiger partial charge is 0.227 e. The van der Waals surface area contributed by atoms with Crippen molar-refractivity contribution in [2.24, 2.45) is 5.92 Å². The van der Waals surface area contributed by atoms with E-state index in [9.17, 15) is 10.1 Å². The van der Waals surface area contributed by atoms with Crippen molar-refractivity contribution >= 4 is 17.5 Å². The molecule has 5 aromatic rings. The molecule has 2 aromatic heterocycles. The number of benzene rings is 3. The molecule has 2 saturated heterocycles. The van der Waals surface area contributed by atoms with Gasteiger partial charge >= 0.3 is 0 Å². The van der Waals surface area contributed by atoms with E-state index in [1.807, 2.05) is 44.2 Å². The Balaban J connectivity index is 0.000000345. The van der Waals surface area contributed by atoms with Gasteiger partial charge in [-0.1, -0.05) is 58.9 Å². The average molecular weight is 715 g/mol. The fourth-order valence-electron chi connectivity index (χ4n) is 8.20. The Morgan fingerprint density at radius 3 is 2.11 bits per heavy atom. The van der Waals surface area contributed by atoms with Crippen LogP contribution in [0.1, 0.15) is 94.0 Å². The minimum Gasteiger partial charge on any atom is -0.439 e. The zero-order chi connectivity index (χ0) is 37.6. The van der Waals surface area contributed by atoms with E-state index in [1.54, 1.807) is 4.90 Å². The van der Waals surface area contributed by atoms with E-state index in [0.29, 0.717) is 41.5 Å². The van der Waals surface area contributed by atoms with Crippen molar-refractivity contribution in [3.05, 3.63) is 82.2 Å². The number of amides is 1. The number of aromatic nitrogens is 2. The Labute approximate surface area is 314 Å². The van der Waals surface area contributed by atoms with Crippen LogP contribution in [0.4, 0.5) is 0 Å². The van der Waals surface area contributed by atoms with Gasteiger partial charge in [0.15, 0.2) is 5.58 Å². The molecule has 0 radical (unpaired) electrons. The number of fused-ring (bicyclic) bond motifs is 2. The Morgan fingerprint density at radius 2 is 1.55 bits per heavy atom. The molecule has 53 heavy (non-hydrogen) atoms. The van der Waals surface area contributed by atoms with Gasteiger partial charge in [0, 0.05) is 30.3 Å². The van der Waals surface area contributed by atoms with Crippen LogP contribution >= 0.6 is 0 Å². The lowest BCUT2D eigenvalue weighted by atomic mass is 9.91. The molecule has 0 aliphatic carbocycles. The second kappa shape index (κ2) is 16.9. The molecule has 0 saturated carbocycles. The molecule has 9 nitrogen and oxygen atoms in total. The van der Waals surface area contributed by atoms with Gasteiger partial charge < -0.3 is 18.6 Å². The molecule has 9 heteroatoms. The summed E-state index contributed by atoms with van der Waals surface area (Å²) in [6, 6.07) is 19.4. The van der Waals surface area contributed by atoms with E-state index in [2.05, 4.69) is 68.7 Å². The van der Waals surface area contributed by atoms with Gasteiger partial charge in [0.05, 0.1) is 18.7 Å². The van der Waals surface area contributed by atoms with Crippen LogP contribution in [-0.2, 0) is 24.4 Å². The first-order valence-corrected chi connectivity index (χ1v) is 19.5. The average Bonchev–Trinajstić information content (AvgIpc) is 4.02. The number of carbonyl (C=O) groups excluding carboxylic acids is 1. The highest BCUT2D eigenvalue weighted by Crippen LogP contribution is 2.38. The highest BCUT2D eigenvalue weighted by atomic mass is 16.4. The molecule has 2 unspecified atom stereocenters. The van der Waals surface area contributed by atoms with Crippen LogP contribution in [-0.4, -0.2) is 63.3 Å². The van der Waals surface area contributed by atoms with Crippen molar-refractivity contribution in [1.82, 2.24) is 24.7 Å². The number of rotatable bonds is 8. The standard InChI is InChI=1S/C33H29N5O3.C9H19N.C2H6/c1-20-24(7-5-9-26(20)32-36-29-17-38(19-39)18-30(29)40-32)25-8-6-10-27(21(25)2)33-35-28-14-22(16-37-11-3-4-12-37)13-23(15-34)31(28)41-33;1-4-9-6-8(3)7-10(9)5-2;1-2/h5-10,13-14,19H,3-4,11-12,16-18H2,1-2H3;8-9H,4-7H2,1-3H3;1-2H3. The van der Waals surface area contributed by atoms with E-state index >= 15 is 0 Å². The number of nitriles is 1. The molecular formula is C44H54N6O3. The summed E-state index contributed by atoms with van der Waals surface area (Å²) in [6.07, 6.45) is 6.02. The van der Waals surface area contributed by atoms with Crippen molar-refractivity contribution in [3.63, 3.8) is 0 Å². The molecule has 0 bridgehead atoms. The van der Waals surface area contributed by atoms with Crippen LogP contribution in [0.15, 0.2) is 57.4 Å². The number of nitrogens with zero attached hydrogens (tertiary/aromatic N) is 6. The first kappa shape index (κ1) is 38.0. The third-order valence-electron chi connectivity index (χ3n) is 10.9. The monoisotopic (exact) mass is 714 g/mol. The third kappa shape index (κ3) is 7.95. The van der Waals surface area contributed by atoms with Gasteiger partial charge in [0.1, 0.15) is 23.0 Å². The highest BCUT2D eigenvalue weighted by molar-refractivity contribution is 5.85. The van der Waals surface area contributed by atoms with Crippen molar-refractivity contribution in [1.29, 1.82) is 5.26 Å². The van der Waals surface area contributed by atoms with E-state index in [-0.39, 0.29) is 0 Å². The van der Waals surface area contributed by atoms with E-state index in [1.165, 1.54) is 38.8 Å². The molecule has 3 aromatic carbocycles. The Kier molecular flexibility index (Phi) is 12.1. The molecule has 8 rings (SSSR count). The van der Waals surface area contributed by atoms with E-state index in [0.717, 1.165) is 88.4 Å². The normalized spacial score (nSPS) is 18.3. The van der Waals surface area contributed by atoms with Crippen LogP contribution in [0, 0.1) is 31.1 Å². The maximum absolute atomic E-state index is 11.1. The fraction of sp³-hybridized carbons (Fsp3) is 0.455. The van der Waals surface area contributed by atoms with Gasteiger partial charge in [-0.2, -0.15) is 5.26 Å². The summed E-state index contributed by atoms with van der Waals surface area (Å²) in [5.41, 5.74) is 9.67. The SMILES string of the molecule is CC.CCC1CC(C)CN1CC.Cc1c(-c2nc3c(o2)CN(C=O)C3)cccc1-c1cccc(-c2nc3cc(CN4CCCC4)cc(C#N)c3o2)c1C. The second-order valence-corrected chi connectivity index (χ2v) is 14.5. The van der Waals surface area contributed by atoms with Crippen LogP contribution in [0.25, 0.3) is 45.1 Å². The van der Waals surface area contributed by atoms with Crippen molar-refractivity contribution in [2.45, 2.75) is 99.8 Å². The van der Waals surface area contributed by atoms with Crippen LogP contribution in [0.5, 0.6) is 0 Å². The van der Waals surface area contributed by atoms with Gasteiger partial charge in [-0.25, -0.2) is 9.97 Å². The number of likely N-dealkylation sites (tertiary alicyclic amines) is 2. The summed E-state index contributed by atoms with van der Waals surface area (Å²) in [5.74, 6) is 2.75. The number of hydrogen-bond donors (Lipinski definition) is 0.